The summed E-state index contributed by atoms with van der Waals surface area (Å²) in [7, 11) is -4.10. The first-order valence-corrected chi connectivity index (χ1v) is 24.2. The van der Waals surface area contributed by atoms with Crippen molar-refractivity contribution in [1.82, 2.24) is 4.58 Å². The van der Waals surface area contributed by atoms with Crippen LogP contribution >= 0.6 is 12.0 Å². The van der Waals surface area contributed by atoms with Gasteiger partial charge in [0.05, 0.1) is 5.75 Å². The van der Waals surface area contributed by atoms with Crippen molar-refractivity contribution in [3.05, 3.63) is 166 Å². The van der Waals surface area contributed by atoms with E-state index < -0.39 is 10.1 Å². The summed E-state index contributed by atoms with van der Waals surface area (Å²) < 4.78 is 40.5. The Kier molecular flexibility index (Phi) is 14.1. The van der Waals surface area contributed by atoms with Crippen molar-refractivity contribution in [3.8, 4) is 0 Å². The molecule has 9 nitrogen and oxygen atoms in total. The number of nitrogens with zero attached hydrogens (tertiary/aromatic N) is 3. The number of hydrogen-bond acceptors (Lipinski definition) is 8. The fourth-order valence-electron chi connectivity index (χ4n) is 9.41. The van der Waals surface area contributed by atoms with Crippen molar-refractivity contribution < 1.29 is 27.6 Å². The van der Waals surface area contributed by atoms with Gasteiger partial charge < -0.3 is 9.80 Å². The predicted octanol–water partition coefficient (Wildman–Crippen LogP) is 12.1. The third-order valence-electron chi connectivity index (χ3n) is 12.5. The molecule has 3 aliphatic rings. The molecule has 2 N–H and O–H groups in total. The van der Waals surface area contributed by atoms with E-state index in [1.54, 1.807) is 0 Å². The van der Waals surface area contributed by atoms with Crippen LogP contribution < -0.4 is 14.4 Å². The van der Waals surface area contributed by atoms with Gasteiger partial charge in [-0.2, -0.15) is 13.0 Å². The molecular weight excluding hydrogens is 815 g/mol. The number of benzene rings is 4. The number of fused-ring (bicyclic) bond motifs is 2. The Bertz CT molecular complexity index is 2480. The van der Waals surface area contributed by atoms with Gasteiger partial charge in [-0.3, -0.25) is 4.55 Å². The molecule has 0 atom stereocenters. The second kappa shape index (κ2) is 19.3. The summed E-state index contributed by atoms with van der Waals surface area (Å²) in [6.45, 7) is 14.6. The van der Waals surface area contributed by atoms with Gasteiger partial charge in [0, 0.05) is 99.9 Å². The molecule has 0 amide bonds. The van der Waals surface area contributed by atoms with Crippen molar-refractivity contribution in [3.63, 3.8) is 0 Å². The summed E-state index contributed by atoms with van der Waals surface area (Å²) >= 11 is 1.09. The summed E-state index contributed by atoms with van der Waals surface area (Å²) in [5.74, 6) is 0.354. The highest BCUT2D eigenvalue weighted by atomic mass is 32.2. The molecule has 0 aromatic heterocycles. The molecule has 1 fully saturated rings. The Labute approximate surface area is 372 Å². The van der Waals surface area contributed by atoms with E-state index in [4.69, 9.17) is 9.59 Å². The van der Waals surface area contributed by atoms with Gasteiger partial charge in [-0.1, -0.05) is 117 Å². The van der Waals surface area contributed by atoms with Crippen LogP contribution in [0.4, 0.5) is 22.7 Å². The Morgan fingerprint density at radius 1 is 0.694 bits per heavy atom. The largest absolute Gasteiger partial charge is 0.344 e. The lowest BCUT2D eigenvalue weighted by Gasteiger charge is -2.27. The highest BCUT2D eigenvalue weighted by molar-refractivity contribution is 7.94. The van der Waals surface area contributed by atoms with Crippen molar-refractivity contribution in [2.24, 2.45) is 0 Å². The van der Waals surface area contributed by atoms with Crippen molar-refractivity contribution in [2.45, 2.75) is 90.9 Å². The minimum Gasteiger partial charge on any atom is -0.344 e. The van der Waals surface area contributed by atoms with E-state index >= 15 is 0 Å². The highest BCUT2D eigenvalue weighted by Gasteiger charge is 2.41. The molecule has 0 unspecified atom stereocenters. The van der Waals surface area contributed by atoms with Crippen molar-refractivity contribution in [2.75, 3.05) is 34.4 Å². The molecule has 1 aliphatic carbocycles. The fraction of sp³-hybridized carbons (Fsp3) is 0.353. The smallest absolute Gasteiger partial charge is 0.264 e. The van der Waals surface area contributed by atoms with Gasteiger partial charge in [-0.25, -0.2) is 5.26 Å². The molecular formula is C51H60N3O6S2+. The number of anilines is 2. The zero-order chi connectivity index (χ0) is 44.1. The van der Waals surface area contributed by atoms with Gasteiger partial charge in [-0.05, 0) is 87.8 Å². The van der Waals surface area contributed by atoms with Crippen LogP contribution in [-0.2, 0) is 30.3 Å². The normalized spacial score (nSPS) is 19.7. The first-order chi connectivity index (χ1) is 29.7. The van der Waals surface area contributed by atoms with E-state index in [0.717, 1.165) is 79.2 Å². The van der Waals surface area contributed by atoms with Crippen molar-refractivity contribution in [1.29, 1.82) is 0 Å². The molecule has 2 heterocycles. The van der Waals surface area contributed by atoms with Crippen LogP contribution in [0, 0.1) is 13.8 Å². The van der Waals surface area contributed by atoms with Gasteiger partial charge in [-0.15, -0.1) is 4.33 Å². The number of allylic oxidation sites excluding steroid dienone is 8. The van der Waals surface area contributed by atoms with E-state index in [1.807, 2.05) is 0 Å². The molecule has 2 aliphatic heterocycles. The van der Waals surface area contributed by atoms with Crippen LogP contribution in [0.5, 0.6) is 0 Å². The van der Waals surface area contributed by atoms with Gasteiger partial charge in [0.1, 0.15) is 0 Å². The first-order valence-electron chi connectivity index (χ1n) is 21.6. The van der Waals surface area contributed by atoms with Crippen LogP contribution in [0.25, 0.3) is 0 Å². The molecule has 4 aromatic carbocycles. The minimum atomic E-state index is -4.10. The number of para-hydroxylation sites is 2. The lowest BCUT2D eigenvalue weighted by molar-refractivity contribution is -0.432. The zero-order valence-electron chi connectivity index (χ0n) is 36.8. The molecule has 62 heavy (non-hydrogen) atoms. The van der Waals surface area contributed by atoms with Gasteiger partial charge in [0.25, 0.3) is 10.1 Å². The Hall–Kier alpha value is -4.75. The summed E-state index contributed by atoms with van der Waals surface area (Å²) in [4.78, 5) is 4.69. The van der Waals surface area contributed by atoms with E-state index in [-0.39, 0.29) is 16.6 Å². The standard InChI is InChI=1S/C51H59N3O6S2/c1-37-23-27-45-43(35-37)50(3,4)47(52(45)31-15-33-61-60-59-55)29-25-39-17-13-14-18-40(49(39)54(41-19-9-7-10-20-41)42-21-11-8-12-22-42)26-30-48-51(5,6)44-36-38(2)24-28-46(44)53(48)32-16-34-62(56,57)58/h7-12,19-30,35-36H,13-18,31-34H2,1-6H3,(H-,55,56,57,58)/p+1. The molecule has 0 spiro atoms. The Morgan fingerprint density at radius 2 is 1.16 bits per heavy atom. The highest BCUT2D eigenvalue weighted by Crippen LogP contribution is 2.50. The number of aryl methyl sites for hydroxylation is 2. The maximum atomic E-state index is 11.9. The quantitative estimate of drug-likeness (QED) is 0.0244. The van der Waals surface area contributed by atoms with E-state index in [2.05, 4.69) is 182 Å². The van der Waals surface area contributed by atoms with Gasteiger partial charge in [0.2, 0.25) is 17.1 Å². The maximum absolute atomic E-state index is 11.9. The van der Waals surface area contributed by atoms with Gasteiger partial charge >= 0.3 is 0 Å². The van der Waals surface area contributed by atoms with Crippen LogP contribution in [0.15, 0.2) is 144 Å². The summed E-state index contributed by atoms with van der Waals surface area (Å²) in [5.41, 5.74) is 14.6. The predicted molar refractivity (Wildman–Crippen MR) is 256 cm³/mol. The topological polar surface area (TPSA) is 103 Å². The zero-order valence-corrected chi connectivity index (χ0v) is 38.4. The molecule has 326 valence electrons. The average molecular weight is 875 g/mol. The van der Waals surface area contributed by atoms with Crippen LogP contribution in [0.1, 0.15) is 88.5 Å². The lowest BCUT2D eigenvalue weighted by atomic mass is 9.82. The summed E-state index contributed by atoms with van der Waals surface area (Å²) in [5, 5.41) is 12.5. The summed E-state index contributed by atoms with van der Waals surface area (Å²) in [6.07, 6.45) is 14.2. The Morgan fingerprint density at radius 3 is 1.61 bits per heavy atom. The van der Waals surface area contributed by atoms with E-state index in [0.29, 0.717) is 18.7 Å². The van der Waals surface area contributed by atoms with E-state index in [1.165, 1.54) is 44.8 Å². The molecule has 7 rings (SSSR count). The monoisotopic (exact) mass is 874 g/mol. The molecule has 0 bridgehead atoms. The minimum absolute atomic E-state index is 0.261. The number of hydrogen-bond donors (Lipinski definition) is 2. The summed E-state index contributed by atoms with van der Waals surface area (Å²) in [6, 6.07) is 34.4. The molecule has 1 saturated carbocycles. The maximum Gasteiger partial charge on any atom is 0.264 e. The molecule has 0 saturated heterocycles. The van der Waals surface area contributed by atoms with Crippen LogP contribution in [-0.4, -0.2) is 48.5 Å². The molecule has 0 radical (unpaired) electrons. The Balaban J connectivity index is 1.42. The lowest BCUT2D eigenvalue weighted by Crippen LogP contribution is -2.28. The average Bonchev–Trinajstić information content (AvgIpc) is 3.44. The third-order valence-corrected chi connectivity index (χ3v) is 13.9. The third kappa shape index (κ3) is 9.89. The fourth-order valence-corrected chi connectivity index (χ4v) is 10.3. The second-order valence-corrected chi connectivity index (χ2v) is 20.0. The molecule has 11 heteroatoms. The number of rotatable bonds is 14. The molecule has 4 aromatic rings. The van der Waals surface area contributed by atoms with Gasteiger partial charge in [0.15, 0.2) is 0 Å². The van der Waals surface area contributed by atoms with E-state index in [9.17, 15) is 13.0 Å². The van der Waals surface area contributed by atoms with Crippen LogP contribution in [0.2, 0.25) is 0 Å². The second-order valence-electron chi connectivity index (χ2n) is 17.6. The van der Waals surface area contributed by atoms with Crippen molar-refractivity contribution >= 4 is 50.6 Å². The first kappa shape index (κ1) is 45.3. The van der Waals surface area contributed by atoms with Crippen LogP contribution in [0.3, 0.4) is 0 Å². The SMILES string of the molecule is Cc1ccc2c(c1)C(C)(C)/C(=C\C=C1/CCCC/C(=C\C=C3\N(CCCS(=O)(=O)O)c4ccc(C)cc4C3(C)C)C1=[N+](c1ccccc1)c1ccccc1)N2CCCSOOO.